The molecule has 12 heteroatoms. The molecule has 11 nitrogen and oxygen atoms in total. The van der Waals surface area contributed by atoms with Crippen LogP contribution in [0, 0.1) is 0 Å². The van der Waals surface area contributed by atoms with E-state index in [1.54, 1.807) is 24.3 Å². The third-order valence-corrected chi connectivity index (χ3v) is 9.08. The van der Waals surface area contributed by atoms with Gasteiger partial charge in [0.1, 0.15) is 4.90 Å². The third kappa shape index (κ3) is 5.24. The number of nitrogens with zero attached hydrogens (tertiary/aromatic N) is 4. The van der Waals surface area contributed by atoms with E-state index in [0.29, 0.717) is 79.8 Å². The van der Waals surface area contributed by atoms with Crippen LogP contribution in [0.3, 0.4) is 0 Å². The molecule has 0 saturated carbocycles. The Morgan fingerprint density at radius 3 is 2.61 bits per heavy atom. The van der Waals surface area contributed by atoms with Gasteiger partial charge in [-0.25, -0.2) is 8.42 Å². The van der Waals surface area contributed by atoms with E-state index in [0.717, 1.165) is 13.0 Å². The first kappa shape index (κ1) is 26.1. The van der Waals surface area contributed by atoms with Crippen molar-refractivity contribution in [1.82, 2.24) is 29.4 Å². The van der Waals surface area contributed by atoms with Crippen molar-refractivity contribution in [3.8, 4) is 17.1 Å². The molecule has 2 aliphatic rings. The van der Waals surface area contributed by atoms with Crippen LogP contribution in [0.1, 0.15) is 29.6 Å². The number of carbonyl (C=O) groups excluding carboxylic acids is 2. The minimum atomic E-state index is -3.66. The first-order valence-corrected chi connectivity index (χ1v) is 14.2. The Morgan fingerprint density at radius 2 is 1.92 bits per heavy atom. The van der Waals surface area contributed by atoms with Crippen molar-refractivity contribution in [2.45, 2.75) is 24.2 Å². The van der Waals surface area contributed by atoms with E-state index in [9.17, 15) is 23.1 Å². The molecule has 2 aliphatic heterocycles. The van der Waals surface area contributed by atoms with Crippen LogP contribution in [0.2, 0.25) is 0 Å². The summed E-state index contributed by atoms with van der Waals surface area (Å²) in [5, 5.41) is 14.1. The third-order valence-electron chi connectivity index (χ3n) is 7.20. The molecule has 2 aromatic heterocycles. The number of carbonyl (C=O) groups is 2. The fourth-order valence-electron chi connectivity index (χ4n) is 4.95. The number of benzene rings is 1. The van der Waals surface area contributed by atoms with E-state index in [1.165, 1.54) is 16.6 Å². The van der Waals surface area contributed by atoms with Crippen LogP contribution >= 0.6 is 0 Å². The Kier molecular flexibility index (Phi) is 7.37. The fraction of sp³-hybridized carbons (Fsp3) is 0.423. The molecule has 3 N–H and O–H groups in total. The maximum absolute atomic E-state index is 13.0. The second kappa shape index (κ2) is 10.7. The van der Waals surface area contributed by atoms with Gasteiger partial charge in [-0.05, 0) is 50.2 Å². The Bertz CT molecular complexity index is 1440. The van der Waals surface area contributed by atoms with E-state index < -0.39 is 10.0 Å². The first-order chi connectivity index (χ1) is 18.2. The summed E-state index contributed by atoms with van der Waals surface area (Å²) in [6.45, 7) is 4.02. The maximum Gasteiger partial charge on any atom is 0.251 e. The molecule has 202 valence electrons. The highest BCUT2D eigenvalue weighted by atomic mass is 32.2. The zero-order valence-electron chi connectivity index (χ0n) is 21.3. The van der Waals surface area contributed by atoms with Crippen molar-refractivity contribution in [2.24, 2.45) is 0 Å². The van der Waals surface area contributed by atoms with Gasteiger partial charge in [-0.15, -0.1) is 0 Å². The maximum atomic E-state index is 13.0. The van der Waals surface area contributed by atoms with Crippen molar-refractivity contribution >= 4 is 32.7 Å². The average molecular weight is 541 g/mol. The van der Waals surface area contributed by atoms with Gasteiger partial charge in [-0.1, -0.05) is 0 Å². The largest absolute Gasteiger partial charge is 0.494 e. The minimum absolute atomic E-state index is 0.0980. The highest BCUT2D eigenvalue weighted by Crippen LogP contribution is 2.36. The Balaban J connectivity index is 1.31. The number of sulfonamides is 1. The Hall–Kier alpha value is -3.48. The summed E-state index contributed by atoms with van der Waals surface area (Å²) in [5.41, 5.74) is 1.83. The van der Waals surface area contributed by atoms with Crippen LogP contribution in [-0.2, 0) is 14.8 Å². The van der Waals surface area contributed by atoms with Gasteiger partial charge in [0.2, 0.25) is 15.9 Å². The minimum Gasteiger partial charge on any atom is -0.494 e. The van der Waals surface area contributed by atoms with E-state index in [2.05, 4.69) is 20.2 Å². The number of nitrogens with one attached hydrogen (secondary N) is 2. The van der Waals surface area contributed by atoms with Gasteiger partial charge in [-0.2, -0.15) is 4.31 Å². The number of pyridine rings is 1. The van der Waals surface area contributed by atoms with E-state index in [4.69, 9.17) is 0 Å². The molecule has 2 fully saturated rings. The van der Waals surface area contributed by atoms with Gasteiger partial charge < -0.3 is 25.2 Å². The lowest BCUT2D eigenvalue weighted by atomic mass is 10.1. The van der Waals surface area contributed by atoms with Crippen LogP contribution < -0.4 is 5.32 Å². The molecule has 5 rings (SSSR count). The highest BCUT2D eigenvalue weighted by Gasteiger charge is 2.28. The van der Waals surface area contributed by atoms with Gasteiger partial charge in [0.15, 0.2) is 5.88 Å². The molecule has 0 bridgehead atoms. The number of hydrogen-bond acceptors (Lipinski definition) is 7. The molecule has 0 aliphatic carbocycles. The van der Waals surface area contributed by atoms with E-state index in [-0.39, 0.29) is 22.6 Å². The molecular formula is C26H32N6O5S. The highest BCUT2D eigenvalue weighted by molar-refractivity contribution is 7.89. The number of likely N-dealkylation sites (N-methyl/N-ethyl adjacent to an activating group) is 1. The van der Waals surface area contributed by atoms with Gasteiger partial charge in [-0.3, -0.25) is 14.6 Å². The number of amides is 2. The van der Waals surface area contributed by atoms with Crippen LogP contribution in [0.5, 0.6) is 5.88 Å². The summed E-state index contributed by atoms with van der Waals surface area (Å²) in [6, 6.07) is 8.12. The van der Waals surface area contributed by atoms with Crippen LogP contribution in [0.4, 0.5) is 0 Å². The zero-order chi connectivity index (χ0) is 26.9. The molecule has 0 unspecified atom stereocenters. The summed E-state index contributed by atoms with van der Waals surface area (Å²) in [6.07, 6.45) is 3.47. The number of likely N-dealkylation sites (tertiary alicyclic amines) is 1. The van der Waals surface area contributed by atoms with Crippen molar-refractivity contribution in [2.75, 3.05) is 52.9 Å². The topological polar surface area (TPSA) is 139 Å². The van der Waals surface area contributed by atoms with Gasteiger partial charge in [0.25, 0.3) is 5.91 Å². The quantitative estimate of drug-likeness (QED) is 0.369. The molecule has 0 radical (unpaired) electrons. The lowest BCUT2D eigenvalue weighted by molar-refractivity contribution is -0.127. The second-order valence-electron chi connectivity index (χ2n) is 9.79. The van der Waals surface area contributed by atoms with Crippen LogP contribution in [0.15, 0.2) is 41.4 Å². The standard InChI is InChI=1S/C26H32N6O5S/c1-30-12-14-32(15-13-30)38(36,37)19-6-8-22(28-17-19)24-20-16-18(5-7-21(20)29-26(24)35)25(34)27-9-3-11-31-10-2-4-23(31)33/h5-8,16-17,29,35H,2-4,9-15H2,1H3,(H,27,34). The van der Waals surface area contributed by atoms with Crippen molar-refractivity contribution in [3.05, 3.63) is 42.1 Å². The number of aromatic nitrogens is 2. The number of aromatic hydroxyl groups is 1. The molecular weight excluding hydrogens is 508 g/mol. The number of fused-ring (bicyclic) bond motifs is 1. The lowest BCUT2D eigenvalue weighted by Crippen LogP contribution is -2.47. The van der Waals surface area contributed by atoms with Gasteiger partial charge in [0.05, 0.1) is 11.3 Å². The molecule has 4 heterocycles. The predicted octanol–water partition coefficient (Wildman–Crippen LogP) is 1.61. The first-order valence-electron chi connectivity index (χ1n) is 12.8. The predicted molar refractivity (Wildman–Crippen MR) is 142 cm³/mol. The number of aromatic amines is 1. The molecule has 3 aromatic rings. The Labute approximate surface area is 221 Å². The van der Waals surface area contributed by atoms with E-state index in [1.807, 2.05) is 11.9 Å². The fourth-order valence-corrected chi connectivity index (χ4v) is 6.32. The summed E-state index contributed by atoms with van der Waals surface area (Å²) in [7, 11) is -1.70. The number of hydrogen-bond donors (Lipinski definition) is 3. The molecule has 1 aromatic carbocycles. The van der Waals surface area contributed by atoms with Gasteiger partial charge in [0, 0.05) is 74.9 Å². The number of rotatable bonds is 8. The van der Waals surface area contributed by atoms with Crippen LogP contribution in [0.25, 0.3) is 22.2 Å². The number of H-pyrrole nitrogens is 1. The smallest absolute Gasteiger partial charge is 0.251 e. The monoisotopic (exact) mass is 540 g/mol. The molecule has 0 spiro atoms. The second-order valence-corrected chi connectivity index (χ2v) is 11.7. The summed E-state index contributed by atoms with van der Waals surface area (Å²) in [4.78, 5) is 35.8. The van der Waals surface area contributed by atoms with Crippen molar-refractivity contribution in [3.63, 3.8) is 0 Å². The Morgan fingerprint density at radius 1 is 1.13 bits per heavy atom. The lowest BCUT2D eigenvalue weighted by Gasteiger charge is -2.31. The number of piperazine rings is 1. The van der Waals surface area contributed by atoms with E-state index >= 15 is 0 Å². The molecule has 0 atom stereocenters. The summed E-state index contributed by atoms with van der Waals surface area (Å²) in [5.74, 6) is -0.206. The van der Waals surface area contributed by atoms with Crippen LogP contribution in [-0.4, -0.2) is 102 Å². The summed E-state index contributed by atoms with van der Waals surface area (Å²) < 4.78 is 27.5. The molecule has 2 saturated heterocycles. The van der Waals surface area contributed by atoms with Crippen molar-refractivity contribution in [1.29, 1.82) is 0 Å². The zero-order valence-corrected chi connectivity index (χ0v) is 22.1. The molecule has 2 amide bonds. The average Bonchev–Trinajstić information content (AvgIpc) is 3.47. The SMILES string of the molecule is CN1CCN(S(=O)(=O)c2ccc(-c3c(O)[nH]c4ccc(C(=O)NCCCN5CCCC5=O)cc34)nc2)CC1. The van der Waals surface area contributed by atoms with Crippen molar-refractivity contribution < 1.29 is 23.1 Å². The normalized spacial score (nSPS) is 17.4. The molecule has 38 heavy (non-hydrogen) atoms. The van der Waals surface area contributed by atoms with Gasteiger partial charge >= 0.3 is 0 Å². The summed E-state index contributed by atoms with van der Waals surface area (Å²) >= 11 is 0.